The van der Waals surface area contributed by atoms with Crippen LogP contribution in [0.15, 0.2) is 71.6 Å². The Hall–Kier alpha value is -2.67. The molecule has 0 aliphatic rings. The molecule has 3 rings (SSSR count). The first-order valence-corrected chi connectivity index (χ1v) is 11.7. The van der Waals surface area contributed by atoms with E-state index >= 15 is 0 Å². The van der Waals surface area contributed by atoms with Gasteiger partial charge in [0.2, 0.25) is 15.9 Å². The number of rotatable bonds is 7. The molecule has 3 aromatic carbocycles. The van der Waals surface area contributed by atoms with Gasteiger partial charge in [-0.05, 0) is 67.8 Å². The molecular weight excluding hydrogens is 432 g/mol. The van der Waals surface area contributed by atoms with Crippen molar-refractivity contribution in [1.29, 1.82) is 0 Å². The third kappa shape index (κ3) is 5.73. The van der Waals surface area contributed by atoms with Crippen LogP contribution in [0.1, 0.15) is 22.3 Å². The van der Waals surface area contributed by atoms with Gasteiger partial charge in [-0.25, -0.2) is 8.42 Å². The molecule has 0 fully saturated rings. The number of sulfonamides is 1. The third-order valence-electron chi connectivity index (χ3n) is 5.11. The molecule has 0 radical (unpaired) electrons. The average Bonchev–Trinajstić information content (AvgIpc) is 2.71. The van der Waals surface area contributed by atoms with E-state index in [2.05, 4.69) is 5.32 Å². The van der Waals surface area contributed by atoms with Gasteiger partial charge in [-0.15, -0.1) is 0 Å². The van der Waals surface area contributed by atoms with Crippen LogP contribution in [0.5, 0.6) is 0 Å². The number of nitrogens with zero attached hydrogens (tertiary/aromatic N) is 1. The van der Waals surface area contributed by atoms with Crippen LogP contribution < -0.4 is 5.32 Å². The van der Waals surface area contributed by atoms with Crippen LogP contribution in [0.4, 0.5) is 5.69 Å². The number of anilines is 1. The first-order valence-electron chi connectivity index (χ1n) is 9.84. The Morgan fingerprint density at radius 2 is 1.65 bits per heavy atom. The lowest BCUT2D eigenvalue weighted by Gasteiger charge is -2.22. The summed E-state index contributed by atoms with van der Waals surface area (Å²) in [5.74, 6) is -0.411. The van der Waals surface area contributed by atoms with Crippen molar-refractivity contribution >= 4 is 33.2 Å². The number of nitrogens with one attached hydrogen (secondary N) is 1. The van der Waals surface area contributed by atoms with E-state index in [9.17, 15) is 13.2 Å². The van der Waals surface area contributed by atoms with Crippen LogP contribution in [0, 0.1) is 20.8 Å². The van der Waals surface area contributed by atoms with Gasteiger partial charge in [0.15, 0.2) is 0 Å². The second-order valence-electron chi connectivity index (χ2n) is 7.51. The SMILES string of the molecule is Cc1ccc(S(=O)(=O)N(CC(=O)Nc2cccc(C)c2C)Cc2cccc(Cl)c2)cc1. The molecule has 0 aliphatic carbocycles. The van der Waals surface area contributed by atoms with Crippen molar-refractivity contribution in [3.63, 3.8) is 0 Å². The van der Waals surface area contributed by atoms with Crippen molar-refractivity contribution in [1.82, 2.24) is 4.31 Å². The molecule has 3 aromatic rings. The number of benzene rings is 3. The zero-order chi connectivity index (χ0) is 22.6. The van der Waals surface area contributed by atoms with Gasteiger partial charge in [0.05, 0.1) is 11.4 Å². The van der Waals surface area contributed by atoms with Gasteiger partial charge < -0.3 is 5.32 Å². The maximum Gasteiger partial charge on any atom is 0.243 e. The minimum absolute atomic E-state index is 0.0248. The van der Waals surface area contributed by atoms with Crippen molar-refractivity contribution < 1.29 is 13.2 Å². The van der Waals surface area contributed by atoms with E-state index in [1.54, 1.807) is 54.6 Å². The Balaban J connectivity index is 1.90. The molecular formula is C24H25ClN2O3S. The zero-order valence-corrected chi connectivity index (χ0v) is 19.3. The first kappa shape index (κ1) is 23.0. The van der Waals surface area contributed by atoms with Crippen LogP contribution in [-0.4, -0.2) is 25.2 Å². The maximum atomic E-state index is 13.4. The molecule has 7 heteroatoms. The molecule has 5 nitrogen and oxygen atoms in total. The zero-order valence-electron chi connectivity index (χ0n) is 17.7. The van der Waals surface area contributed by atoms with Crippen LogP contribution >= 0.6 is 11.6 Å². The van der Waals surface area contributed by atoms with Gasteiger partial charge in [-0.3, -0.25) is 4.79 Å². The van der Waals surface area contributed by atoms with Gasteiger partial charge in [-0.1, -0.05) is 53.6 Å². The second kappa shape index (κ2) is 9.64. The van der Waals surface area contributed by atoms with Crippen LogP contribution in [0.25, 0.3) is 0 Å². The van der Waals surface area contributed by atoms with Crippen molar-refractivity contribution in [3.05, 3.63) is 94.0 Å². The summed E-state index contributed by atoms with van der Waals surface area (Å²) in [6.07, 6.45) is 0. The van der Waals surface area contributed by atoms with Gasteiger partial charge in [0, 0.05) is 17.3 Å². The molecule has 0 atom stereocenters. The Morgan fingerprint density at radius 3 is 2.32 bits per heavy atom. The number of hydrogen-bond donors (Lipinski definition) is 1. The van der Waals surface area contributed by atoms with Gasteiger partial charge in [0.25, 0.3) is 0 Å². The van der Waals surface area contributed by atoms with E-state index in [-0.39, 0.29) is 18.0 Å². The Kier molecular flexibility index (Phi) is 7.15. The molecule has 0 aliphatic heterocycles. The summed E-state index contributed by atoms with van der Waals surface area (Å²) < 4.78 is 27.9. The number of hydrogen-bond acceptors (Lipinski definition) is 3. The minimum atomic E-state index is -3.91. The number of carbonyl (C=O) groups excluding carboxylic acids is 1. The number of halogens is 1. The van der Waals surface area contributed by atoms with Crippen LogP contribution in [0.2, 0.25) is 5.02 Å². The molecule has 31 heavy (non-hydrogen) atoms. The lowest BCUT2D eigenvalue weighted by Crippen LogP contribution is -2.37. The van der Waals surface area contributed by atoms with E-state index in [1.165, 1.54) is 4.31 Å². The number of amides is 1. The molecule has 1 N–H and O–H groups in total. The molecule has 0 aromatic heterocycles. The fourth-order valence-corrected chi connectivity index (χ4v) is 4.76. The second-order valence-corrected chi connectivity index (χ2v) is 9.89. The number of carbonyl (C=O) groups is 1. The van der Waals surface area contributed by atoms with E-state index in [0.29, 0.717) is 16.3 Å². The lowest BCUT2D eigenvalue weighted by atomic mass is 10.1. The van der Waals surface area contributed by atoms with Gasteiger partial charge in [0.1, 0.15) is 0 Å². The smallest absolute Gasteiger partial charge is 0.243 e. The predicted molar refractivity (Wildman–Crippen MR) is 125 cm³/mol. The topological polar surface area (TPSA) is 66.5 Å². The van der Waals surface area contributed by atoms with Gasteiger partial charge >= 0.3 is 0 Å². The highest BCUT2D eigenvalue weighted by molar-refractivity contribution is 7.89. The monoisotopic (exact) mass is 456 g/mol. The first-order chi connectivity index (χ1) is 14.7. The standard InChI is InChI=1S/C24H25ClN2O3S/c1-17-10-12-22(13-11-17)31(29,30)27(15-20-7-5-8-21(25)14-20)16-24(28)26-23-9-4-6-18(2)19(23)3/h4-14H,15-16H2,1-3H3,(H,26,28). The van der Waals surface area contributed by atoms with E-state index in [0.717, 1.165) is 16.7 Å². The summed E-state index contributed by atoms with van der Waals surface area (Å²) in [7, 11) is -3.91. The third-order valence-corrected chi connectivity index (χ3v) is 7.15. The summed E-state index contributed by atoms with van der Waals surface area (Å²) in [6.45, 7) is 5.46. The normalized spacial score (nSPS) is 11.5. The summed E-state index contributed by atoms with van der Waals surface area (Å²) in [6, 6.07) is 19.1. The Labute approximate surface area is 188 Å². The van der Waals surface area contributed by atoms with Crippen LogP contribution in [-0.2, 0) is 21.4 Å². The summed E-state index contributed by atoms with van der Waals surface area (Å²) >= 11 is 6.08. The molecule has 0 unspecified atom stereocenters. The predicted octanol–water partition coefficient (Wildman–Crippen LogP) is 5.09. The highest BCUT2D eigenvalue weighted by atomic mass is 35.5. The van der Waals surface area contributed by atoms with Crippen molar-refractivity contribution in [3.8, 4) is 0 Å². The van der Waals surface area contributed by atoms with Crippen molar-refractivity contribution in [2.75, 3.05) is 11.9 Å². The molecule has 162 valence electrons. The maximum absolute atomic E-state index is 13.4. The van der Waals surface area contributed by atoms with Crippen LogP contribution in [0.3, 0.4) is 0 Å². The molecule has 0 saturated carbocycles. The van der Waals surface area contributed by atoms with E-state index in [1.807, 2.05) is 32.9 Å². The van der Waals surface area contributed by atoms with Crippen molar-refractivity contribution in [2.24, 2.45) is 0 Å². The average molecular weight is 457 g/mol. The Bertz CT molecular complexity index is 1190. The van der Waals surface area contributed by atoms with Gasteiger partial charge in [-0.2, -0.15) is 4.31 Å². The van der Waals surface area contributed by atoms with E-state index in [4.69, 9.17) is 11.6 Å². The highest BCUT2D eigenvalue weighted by Crippen LogP contribution is 2.22. The fraction of sp³-hybridized carbons (Fsp3) is 0.208. The molecule has 1 amide bonds. The quantitative estimate of drug-likeness (QED) is 0.538. The molecule has 0 bridgehead atoms. The summed E-state index contributed by atoms with van der Waals surface area (Å²) in [4.78, 5) is 13.0. The summed E-state index contributed by atoms with van der Waals surface area (Å²) in [5.41, 5.74) is 4.30. The Morgan fingerprint density at radius 1 is 0.968 bits per heavy atom. The molecule has 0 spiro atoms. The largest absolute Gasteiger partial charge is 0.325 e. The fourth-order valence-electron chi connectivity index (χ4n) is 3.16. The lowest BCUT2D eigenvalue weighted by molar-refractivity contribution is -0.116. The molecule has 0 saturated heterocycles. The highest BCUT2D eigenvalue weighted by Gasteiger charge is 2.27. The summed E-state index contributed by atoms with van der Waals surface area (Å²) in [5, 5.41) is 3.34. The molecule has 0 heterocycles. The van der Waals surface area contributed by atoms with Crippen molar-refractivity contribution in [2.45, 2.75) is 32.2 Å². The number of aryl methyl sites for hydroxylation is 2. The van der Waals surface area contributed by atoms with E-state index < -0.39 is 15.9 Å². The minimum Gasteiger partial charge on any atom is -0.325 e.